The number of aromatic nitrogens is 1. The van der Waals surface area contributed by atoms with Gasteiger partial charge in [0, 0.05) is 6.20 Å². The summed E-state index contributed by atoms with van der Waals surface area (Å²) in [6.45, 7) is 3.95. The molecular formula is C14H20N2O2. The van der Waals surface area contributed by atoms with Crippen molar-refractivity contribution in [3.05, 3.63) is 29.6 Å². The fraction of sp³-hybridized carbons (Fsp3) is 0.571. The summed E-state index contributed by atoms with van der Waals surface area (Å²) in [5.74, 6) is -0.0424. The van der Waals surface area contributed by atoms with Gasteiger partial charge in [-0.15, -0.1) is 0 Å². The normalized spacial score (nSPS) is 18.2. The van der Waals surface area contributed by atoms with Crippen molar-refractivity contribution >= 4 is 5.91 Å². The van der Waals surface area contributed by atoms with Crippen LogP contribution in [0.5, 0.6) is 0 Å². The summed E-state index contributed by atoms with van der Waals surface area (Å²) in [4.78, 5) is 16.4. The highest BCUT2D eigenvalue weighted by Gasteiger charge is 2.49. The van der Waals surface area contributed by atoms with Gasteiger partial charge in [-0.2, -0.15) is 0 Å². The first-order chi connectivity index (χ1) is 8.61. The molecule has 1 fully saturated rings. The van der Waals surface area contributed by atoms with Crippen molar-refractivity contribution in [1.29, 1.82) is 0 Å². The van der Waals surface area contributed by atoms with Gasteiger partial charge in [-0.3, -0.25) is 9.78 Å². The Morgan fingerprint density at radius 1 is 1.56 bits per heavy atom. The van der Waals surface area contributed by atoms with E-state index < -0.39 is 5.41 Å². The van der Waals surface area contributed by atoms with Crippen LogP contribution in [0, 0.1) is 12.3 Å². The molecule has 98 valence electrons. The van der Waals surface area contributed by atoms with Gasteiger partial charge in [-0.1, -0.05) is 13.0 Å². The Morgan fingerprint density at radius 2 is 2.28 bits per heavy atom. The second-order valence-electron chi connectivity index (χ2n) is 5.13. The number of hydrogen-bond acceptors (Lipinski definition) is 3. The van der Waals surface area contributed by atoms with Crippen molar-refractivity contribution in [3.8, 4) is 0 Å². The van der Waals surface area contributed by atoms with E-state index >= 15 is 0 Å². The Balaban J connectivity index is 2.05. The number of aryl methyl sites for hydroxylation is 1. The van der Waals surface area contributed by atoms with E-state index in [1.165, 1.54) is 0 Å². The zero-order valence-electron chi connectivity index (χ0n) is 10.9. The van der Waals surface area contributed by atoms with Crippen LogP contribution in [-0.2, 0) is 4.79 Å². The number of hydrogen-bond donors (Lipinski definition) is 2. The fourth-order valence-corrected chi connectivity index (χ4v) is 1.99. The number of carbonyl (C=O) groups is 1. The minimum absolute atomic E-state index is 0.0424. The van der Waals surface area contributed by atoms with Gasteiger partial charge in [0.1, 0.15) is 0 Å². The van der Waals surface area contributed by atoms with Crippen LogP contribution in [0.15, 0.2) is 18.3 Å². The van der Waals surface area contributed by atoms with Gasteiger partial charge in [0.05, 0.1) is 23.8 Å². The molecule has 1 aliphatic carbocycles. The molecule has 0 aliphatic heterocycles. The molecule has 0 saturated heterocycles. The minimum atomic E-state index is -0.516. The molecule has 0 radical (unpaired) electrons. The Labute approximate surface area is 107 Å². The van der Waals surface area contributed by atoms with Gasteiger partial charge < -0.3 is 10.4 Å². The average molecular weight is 248 g/mol. The summed E-state index contributed by atoms with van der Waals surface area (Å²) in [5.41, 5.74) is 1.47. The SMILES string of the molecule is CC[C@@H](NC(=O)C1(CO)CC1)c1ccc(C)cn1. The lowest BCUT2D eigenvalue weighted by Gasteiger charge is -2.20. The Bertz CT molecular complexity index is 424. The number of rotatable bonds is 5. The summed E-state index contributed by atoms with van der Waals surface area (Å²) < 4.78 is 0. The summed E-state index contributed by atoms with van der Waals surface area (Å²) in [7, 11) is 0. The van der Waals surface area contributed by atoms with Gasteiger partial charge >= 0.3 is 0 Å². The largest absolute Gasteiger partial charge is 0.395 e. The predicted molar refractivity (Wildman–Crippen MR) is 68.9 cm³/mol. The summed E-state index contributed by atoms with van der Waals surface area (Å²) in [6.07, 6.45) is 4.17. The molecule has 2 rings (SSSR count). The standard InChI is InChI=1S/C14H20N2O2/c1-3-11(12-5-4-10(2)8-15-12)16-13(18)14(9-17)6-7-14/h4-5,8,11,17H,3,6-7,9H2,1-2H3,(H,16,18)/t11-/m1/s1. The molecule has 0 aromatic carbocycles. The van der Waals surface area contributed by atoms with Crippen molar-refractivity contribution in [1.82, 2.24) is 10.3 Å². The van der Waals surface area contributed by atoms with E-state index in [1.807, 2.05) is 32.2 Å². The molecule has 1 aliphatic rings. The third-order valence-corrected chi connectivity index (χ3v) is 3.64. The van der Waals surface area contributed by atoms with Crippen LogP contribution in [0.2, 0.25) is 0 Å². The highest BCUT2D eigenvalue weighted by Crippen LogP contribution is 2.45. The molecular weight excluding hydrogens is 228 g/mol. The molecule has 4 heteroatoms. The first-order valence-electron chi connectivity index (χ1n) is 6.45. The third-order valence-electron chi connectivity index (χ3n) is 3.64. The molecule has 2 N–H and O–H groups in total. The molecule has 0 unspecified atom stereocenters. The van der Waals surface area contributed by atoms with Gasteiger partial charge in [-0.25, -0.2) is 0 Å². The molecule has 18 heavy (non-hydrogen) atoms. The van der Waals surface area contributed by atoms with Crippen LogP contribution in [-0.4, -0.2) is 22.6 Å². The highest BCUT2D eigenvalue weighted by atomic mass is 16.3. The molecule has 1 aromatic rings. The van der Waals surface area contributed by atoms with E-state index in [4.69, 9.17) is 0 Å². The predicted octanol–water partition coefficient (Wildman–Crippen LogP) is 1.73. The van der Waals surface area contributed by atoms with Crippen LogP contribution < -0.4 is 5.32 Å². The van der Waals surface area contributed by atoms with Gasteiger partial charge in [0.25, 0.3) is 0 Å². The Kier molecular flexibility index (Phi) is 3.66. The van der Waals surface area contributed by atoms with Crippen molar-refractivity contribution in [2.45, 2.75) is 39.2 Å². The summed E-state index contributed by atoms with van der Waals surface area (Å²) in [5, 5.41) is 12.2. The molecule has 1 amide bonds. The molecule has 1 aromatic heterocycles. The average Bonchev–Trinajstić information content (AvgIpc) is 3.18. The lowest BCUT2D eigenvalue weighted by atomic mass is 10.0. The number of pyridine rings is 1. The molecule has 1 saturated carbocycles. The molecule has 4 nitrogen and oxygen atoms in total. The second-order valence-corrected chi connectivity index (χ2v) is 5.13. The quantitative estimate of drug-likeness (QED) is 0.834. The Morgan fingerprint density at radius 3 is 2.72 bits per heavy atom. The first-order valence-corrected chi connectivity index (χ1v) is 6.45. The van der Waals surface area contributed by atoms with Gasteiger partial charge in [-0.05, 0) is 37.8 Å². The maximum absolute atomic E-state index is 12.1. The van der Waals surface area contributed by atoms with E-state index in [2.05, 4.69) is 10.3 Å². The molecule has 1 atom stereocenters. The van der Waals surface area contributed by atoms with Crippen LogP contribution in [0.25, 0.3) is 0 Å². The van der Waals surface area contributed by atoms with Crippen LogP contribution in [0.4, 0.5) is 0 Å². The van der Waals surface area contributed by atoms with Crippen LogP contribution in [0.3, 0.4) is 0 Å². The lowest BCUT2D eigenvalue weighted by molar-refractivity contribution is -0.128. The van der Waals surface area contributed by atoms with E-state index in [9.17, 15) is 9.90 Å². The highest BCUT2D eigenvalue weighted by molar-refractivity contribution is 5.85. The van der Waals surface area contributed by atoms with Crippen molar-refractivity contribution in [3.63, 3.8) is 0 Å². The van der Waals surface area contributed by atoms with E-state index in [1.54, 1.807) is 0 Å². The van der Waals surface area contributed by atoms with Gasteiger partial charge in [0.15, 0.2) is 0 Å². The number of aliphatic hydroxyl groups excluding tert-OH is 1. The smallest absolute Gasteiger partial charge is 0.229 e. The second kappa shape index (κ2) is 5.06. The zero-order chi connectivity index (χ0) is 13.2. The summed E-state index contributed by atoms with van der Waals surface area (Å²) >= 11 is 0. The fourth-order valence-electron chi connectivity index (χ4n) is 1.99. The van der Waals surface area contributed by atoms with Crippen LogP contribution in [0.1, 0.15) is 43.5 Å². The number of aliphatic hydroxyl groups is 1. The lowest BCUT2D eigenvalue weighted by Crippen LogP contribution is -2.37. The number of carbonyl (C=O) groups excluding carboxylic acids is 1. The number of nitrogens with one attached hydrogen (secondary N) is 1. The molecule has 1 heterocycles. The maximum atomic E-state index is 12.1. The maximum Gasteiger partial charge on any atom is 0.229 e. The molecule has 0 bridgehead atoms. The first kappa shape index (κ1) is 13.0. The summed E-state index contributed by atoms with van der Waals surface area (Å²) in [6, 6.07) is 3.88. The minimum Gasteiger partial charge on any atom is -0.395 e. The Hall–Kier alpha value is -1.42. The third kappa shape index (κ3) is 2.53. The topological polar surface area (TPSA) is 62.2 Å². The van der Waals surface area contributed by atoms with Crippen LogP contribution >= 0.6 is 0 Å². The van der Waals surface area contributed by atoms with Gasteiger partial charge in [0.2, 0.25) is 5.91 Å². The van der Waals surface area contributed by atoms with E-state index in [0.29, 0.717) is 0 Å². The zero-order valence-corrected chi connectivity index (χ0v) is 10.9. The van der Waals surface area contributed by atoms with Crippen molar-refractivity contribution in [2.24, 2.45) is 5.41 Å². The molecule has 0 spiro atoms. The van der Waals surface area contributed by atoms with Crippen molar-refractivity contribution < 1.29 is 9.90 Å². The van der Waals surface area contributed by atoms with Crippen molar-refractivity contribution in [2.75, 3.05) is 6.61 Å². The van der Waals surface area contributed by atoms with E-state index in [-0.39, 0.29) is 18.6 Å². The number of nitrogens with zero attached hydrogens (tertiary/aromatic N) is 1. The monoisotopic (exact) mass is 248 g/mol. The van der Waals surface area contributed by atoms with E-state index in [0.717, 1.165) is 30.5 Å². The number of amides is 1.